The maximum Gasteiger partial charge on any atom is 0.328 e. The average Bonchev–Trinajstić information content (AvgIpc) is 2.61. The second-order valence-corrected chi connectivity index (χ2v) is 5.07. The summed E-state index contributed by atoms with van der Waals surface area (Å²) in [5, 5.41) is 2.32. The van der Waals surface area contributed by atoms with Crippen LogP contribution in [0.3, 0.4) is 0 Å². The zero-order chi connectivity index (χ0) is 18.4. The van der Waals surface area contributed by atoms with Crippen LogP contribution >= 0.6 is 0 Å². The number of hydrogen-bond donors (Lipinski definition) is 1. The molecule has 0 radical (unpaired) electrons. The summed E-state index contributed by atoms with van der Waals surface area (Å²) in [4.78, 5) is 35.2. The molecule has 1 atom stereocenters. The molecule has 1 aromatic heterocycles. The third-order valence-corrected chi connectivity index (χ3v) is 3.27. The fourth-order valence-corrected chi connectivity index (χ4v) is 1.90. The van der Waals surface area contributed by atoms with Gasteiger partial charge in [0.25, 0.3) is 5.91 Å². The van der Waals surface area contributed by atoms with E-state index in [2.05, 4.69) is 10.1 Å². The molecule has 0 aliphatic heterocycles. The summed E-state index contributed by atoms with van der Waals surface area (Å²) in [5.74, 6) is -2.31. The number of rotatable bonds is 6. The molecule has 7 nitrogen and oxygen atoms in total. The van der Waals surface area contributed by atoms with Crippen molar-refractivity contribution in [1.29, 1.82) is 0 Å². The van der Waals surface area contributed by atoms with Gasteiger partial charge in [-0.1, -0.05) is 18.2 Å². The van der Waals surface area contributed by atoms with Crippen LogP contribution in [0.5, 0.6) is 5.75 Å². The van der Waals surface area contributed by atoms with E-state index >= 15 is 0 Å². The summed E-state index contributed by atoms with van der Waals surface area (Å²) in [6.07, 6.45) is 0.959. The molecule has 0 saturated heterocycles. The zero-order valence-corrected chi connectivity index (χ0v) is 13.6. The monoisotopic (exact) mass is 349 g/mol. The van der Waals surface area contributed by atoms with Gasteiger partial charge in [-0.15, -0.1) is 0 Å². The lowest BCUT2D eigenvalue weighted by molar-refractivity contribution is -0.142. The fourth-order valence-electron chi connectivity index (χ4n) is 1.90. The average molecular weight is 349 g/mol. The summed E-state index contributed by atoms with van der Waals surface area (Å²) in [5.41, 5.74) is -0.339. The number of amides is 1. The van der Waals surface area contributed by atoms with Crippen molar-refractivity contribution in [3.05, 3.63) is 64.0 Å². The number of carbonyl (C=O) groups excluding carboxylic acids is 2. The lowest BCUT2D eigenvalue weighted by Gasteiger charge is -2.11. The van der Waals surface area contributed by atoms with Gasteiger partial charge in [0, 0.05) is 11.6 Å². The van der Waals surface area contributed by atoms with Crippen LogP contribution < -0.4 is 15.5 Å². The maximum atomic E-state index is 13.5. The van der Waals surface area contributed by atoms with Gasteiger partial charge >= 0.3 is 5.97 Å². The normalized spacial score (nSPS) is 11.5. The minimum Gasteiger partial charge on any atom is -0.482 e. The molecule has 0 bridgehead atoms. The van der Waals surface area contributed by atoms with Crippen molar-refractivity contribution in [1.82, 2.24) is 5.32 Å². The third kappa shape index (κ3) is 4.66. The molecule has 0 spiro atoms. The highest BCUT2D eigenvalue weighted by molar-refractivity contribution is 5.94. The number of carbonyl (C=O) groups is 2. The van der Waals surface area contributed by atoms with Crippen LogP contribution in [-0.4, -0.2) is 25.0 Å². The van der Waals surface area contributed by atoms with Crippen LogP contribution in [0.2, 0.25) is 0 Å². The van der Waals surface area contributed by atoms with Crippen molar-refractivity contribution in [2.75, 3.05) is 7.11 Å². The van der Waals surface area contributed by atoms with Gasteiger partial charge in [-0.05, 0) is 13.0 Å². The second-order valence-electron chi connectivity index (χ2n) is 5.07. The molecule has 0 aliphatic rings. The van der Waals surface area contributed by atoms with E-state index in [0.717, 1.165) is 12.3 Å². The number of hydrogen-bond acceptors (Lipinski definition) is 6. The van der Waals surface area contributed by atoms with Gasteiger partial charge in [0.05, 0.1) is 7.11 Å². The van der Waals surface area contributed by atoms with E-state index in [1.54, 1.807) is 6.07 Å². The Morgan fingerprint density at radius 1 is 1.32 bits per heavy atom. The topological polar surface area (TPSA) is 94.8 Å². The first-order valence-electron chi connectivity index (χ1n) is 7.30. The molecule has 2 rings (SSSR count). The summed E-state index contributed by atoms with van der Waals surface area (Å²) in [6.45, 7) is 1.26. The van der Waals surface area contributed by atoms with Crippen molar-refractivity contribution in [3.8, 4) is 5.75 Å². The van der Waals surface area contributed by atoms with E-state index < -0.39 is 29.2 Å². The van der Waals surface area contributed by atoms with E-state index in [-0.39, 0.29) is 23.7 Å². The minimum absolute atomic E-state index is 0.164. The molecule has 0 unspecified atom stereocenters. The molecular weight excluding hydrogens is 333 g/mol. The molecule has 8 heteroatoms. The van der Waals surface area contributed by atoms with Crippen LogP contribution in [0.1, 0.15) is 23.0 Å². The fraction of sp³-hybridized carbons (Fsp3) is 0.235. The summed E-state index contributed by atoms with van der Waals surface area (Å²) < 4.78 is 28.3. The Kier molecular flexibility index (Phi) is 5.89. The molecule has 1 amide bonds. The number of methoxy groups -OCH3 is 1. The van der Waals surface area contributed by atoms with Crippen molar-refractivity contribution in [2.24, 2.45) is 0 Å². The molecular formula is C17H16FNO6. The number of ether oxygens (including phenoxy) is 2. The van der Waals surface area contributed by atoms with Crippen molar-refractivity contribution in [3.63, 3.8) is 0 Å². The smallest absolute Gasteiger partial charge is 0.328 e. The highest BCUT2D eigenvalue weighted by atomic mass is 19.1. The van der Waals surface area contributed by atoms with Gasteiger partial charge in [-0.2, -0.15) is 0 Å². The van der Waals surface area contributed by atoms with Gasteiger partial charge in [-0.3, -0.25) is 9.59 Å². The quantitative estimate of drug-likeness (QED) is 0.797. The van der Waals surface area contributed by atoms with Crippen molar-refractivity contribution >= 4 is 11.9 Å². The van der Waals surface area contributed by atoms with Gasteiger partial charge in [-0.25, -0.2) is 9.18 Å². The first-order valence-corrected chi connectivity index (χ1v) is 7.30. The van der Waals surface area contributed by atoms with E-state index in [4.69, 9.17) is 9.15 Å². The molecule has 0 saturated carbocycles. The Labute approximate surface area is 142 Å². The Morgan fingerprint density at radius 3 is 2.68 bits per heavy atom. The number of halogens is 1. The Balaban J connectivity index is 2.05. The summed E-state index contributed by atoms with van der Waals surface area (Å²) in [7, 11) is 1.19. The van der Waals surface area contributed by atoms with Crippen LogP contribution in [0.4, 0.5) is 4.39 Å². The van der Waals surface area contributed by atoms with Crippen LogP contribution in [0.15, 0.2) is 45.8 Å². The zero-order valence-electron chi connectivity index (χ0n) is 13.6. The number of esters is 1. The third-order valence-electron chi connectivity index (χ3n) is 3.27. The Bertz CT molecular complexity index is 832. The van der Waals surface area contributed by atoms with Gasteiger partial charge in [0.15, 0.2) is 5.76 Å². The Hall–Kier alpha value is -3.16. The molecule has 0 aliphatic carbocycles. The van der Waals surface area contributed by atoms with Crippen molar-refractivity contribution < 1.29 is 27.9 Å². The molecule has 1 heterocycles. The second kappa shape index (κ2) is 8.09. The molecule has 25 heavy (non-hydrogen) atoms. The van der Waals surface area contributed by atoms with E-state index in [1.807, 2.05) is 0 Å². The molecule has 2 aromatic rings. The van der Waals surface area contributed by atoms with Crippen LogP contribution in [0.25, 0.3) is 0 Å². The van der Waals surface area contributed by atoms with Crippen LogP contribution in [0, 0.1) is 5.82 Å². The Morgan fingerprint density at radius 2 is 2.04 bits per heavy atom. The number of benzene rings is 1. The molecule has 1 aromatic carbocycles. The summed E-state index contributed by atoms with van der Waals surface area (Å²) >= 11 is 0. The summed E-state index contributed by atoms with van der Waals surface area (Å²) in [6, 6.07) is 6.00. The van der Waals surface area contributed by atoms with Gasteiger partial charge in [0.2, 0.25) is 11.2 Å². The van der Waals surface area contributed by atoms with E-state index in [9.17, 15) is 18.8 Å². The predicted octanol–water partition coefficient (Wildman–Crippen LogP) is 1.65. The predicted molar refractivity (Wildman–Crippen MR) is 84.7 cm³/mol. The minimum atomic E-state index is -0.903. The maximum absolute atomic E-state index is 13.5. The number of nitrogens with one attached hydrogen (secondary N) is 1. The molecule has 0 fully saturated rings. The van der Waals surface area contributed by atoms with Crippen LogP contribution in [-0.2, 0) is 16.1 Å². The van der Waals surface area contributed by atoms with Crippen molar-refractivity contribution in [2.45, 2.75) is 19.6 Å². The molecule has 1 N–H and O–H groups in total. The van der Waals surface area contributed by atoms with Gasteiger partial charge in [0.1, 0.15) is 24.7 Å². The molecule has 132 valence electrons. The SMILES string of the molecule is COC(=O)[C@H](C)NC(=O)c1cc(=O)c(OCc2ccccc2F)co1. The van der Waals surface area contributed by atoms with E-state index in [1.165, 1.54) is 32.2 Å². The lowest BCUT2D eigenvalue weighted by Crippen LogP contribution is -2.39. The highest BCUT2D eigenvalue weighted by Crippen LogP contribution is 2.12. The lowest BCUT2D eigenvalue weighted by atomic mass is 10.2. The largest absolute Gasteiger partial charge is 0.482 e. The van der Waals surface area contributed by atoms with E-state index in [0.29, 0.717) is 0 Å². The highest BCUT2D eigenvalue weighted by Gasteiger charge is 2.19. The standard InChI is InChI=1S/C17H16FNO6/c1-10(17(22)23-2)19-16(21)14-7-13(20)15(9-25-14)24-8-11-5-3-4-6-12(11)18/h3-7,9-10H,8H2,1-2H3,(H,19,21)/t10-/m0/s1. The van der Waals surface area contributed by atoms with Gasteiger partial charge < -0.3 is 19.2 Å². The first-order chi connectivity index (χ1) is 11.9. The first kappa shape index (κ1) is 18.2.